The van der Waals surface area contributed by atoms with E-state index >= 15 is 0 Å². The van der Waals surface area contributed by atoms with Crippen LogP contribution in [0, 0.1) is 0 Å². The van der Waals surface area contributed by atoms with Crippen molar-refractivity contribution in [1.29, 1.82) is 0 Å². The van der Waals surface area contributed by atoms with Crippen molar-refractivity contribution in [3.05, 3.63) is 42.2 Å². The number of carbonyl (C=O) groups is 2. The van der Waals surface area contributed by atoms with Crippen LogP contribution in [0.5, 0.6) is 5.75 Å². The van der Waals surface area contributed by atoms with Gasteiger partial charge in [0.15, 0.2) is 0 Å². The van der Waals surface area contributed by atoms with Gasteiger partial charge in [-0.2, -0.15) is 5.10 Å². The van der Waals surface area contributed by atoms with Gasteiger partial charge in [-0.15, -0.1) is 0 Å². The fourth-order valence-corrected chi connectivity index (χ4v) is 2.87. The Morgan fingerprint density at radius 1 is 1.25 bits per heavy atom. The van der Waals surface area contributed by atoms with Gasteiger partial charge in [-0.1, -0.05) is 25.0 Å². The number of anilines is 1. The fourth-order valence-electron chi connectivity index (χ4n) is 2.87. The van der Waals surface area contributed by atoms with Crippen LogP contribution in [0.2, 0.25) is 0 Å². The standard InChI is InChI=1S/C17H20N4O3/c22-15-8-4-3-7-14(15)17(24)20-13-9-18-21(10-13)11-16(23)19-12-5-1-2-6-12/h3-4,7-10,12,22H,1-2,5-6,11H2,(H,19,23)(H,20,24). The molecule has 1 fully saturated rings. The average Bonchev–Trinajstić information content (AvgIpc) is 3.20. The molecule has 1 aromatic carbocycles. The van der Waals surface area contributed by atoms with E-state index in [1.54, 1.807) is 18.3 Å². The molecule has 0 saturated heterocycles. The smallest absolute Gasteiger partial charge is 0.259 e. The molecular formula is C17H20N4O3. The van der Waals surface area contributed by atoms with Crippen molar-refractivity contribution in [2.24, 2.45) is 0 Å². The van der Waals surface area contributed by atoms with E-state index < -0.39 is 5.91 Å². The van der Waals surface area contributed by atoms with E-state index in [4.69, 9.17) is 0 Å². The van der Waals surface area contributed by atoms with Gasteiger partial charge in [0, 0.05) is 12.2 Å². The molecule has 0 atom stereocenters. The summed E-state index contributed by atoms with van der Waals surface area (Å²) in [5.41, 5.74) is 0.654. The number of amides is 2. The summed E-state index contributed by atoms with van der Waals surface area (Å²) in [5, 5.41) is 19.4. The zero-order chi connectivity index (χ0) is 16.9. The maximum absolute atomic E-state index is 12.1. The molecule has 1 saturated carbocycles. The normalized spacial score (nSPS) is 14.5. The minimum atomic E-state index is -0.428. The molecule has 0 bridgehead atoms. The summed E-state index contributed by atoms with van der Waals surface area (Å²) in [4.78, 5) is 24.1. The second kappa shape index (κ2) is 7.16. The molecule has 7 heteroatoms. The van der Waals surface area contributed by atoms with Crippen LogP contribution in [-0.4, -0.2) is 32.7 Å². The zero-order valence-corrected chi connectivity index (χ0v) is 13.2. The third-order valence-electron chi connectivity index (χ3n) is 4.07. The number of nitrogens with zero attached hydrogens (tertiary/aromatic N) is 2. The molecule has 0 radical (unpaired) electrons. The molecule has 7 nitrogen and oxygen atoms in total. The summed E-state index contributed by atoms with van der Waals surface area (Å²) < 4.78 is 1.48. The van der Waals surface area contributed by atoms with Crippen molar-refractivity contribution in [3.63, 3.8) is 0 Å². The molecule has 1 aromatic heterocycles. The highest BCUT2D eigenvalue weighted by molar-refractivity contribution is 6.05. The van der Waals surface area contributed by atoms with E-state index in [1.165, 1.54) is 23.0 Å². The van der Waals surface area contributed by atoms with Gasteiger partial charge in [-0.05, 0) is 25.0 Å². The van der Waals surface area contributed by atoms with Crippen molar-refractivity contribution in [3.8, 4) is 5.75 Å². The van der Waals surface area contributed by atoms with E-state index in [0.717, 1.165) is 25.7 Å². The molecule has 3 N–H and O–H groups in total. The van der Waals surface area contributed by atoms with Crippen LogP contribution >= 0.6 is 0 Å². The fraction of sp³-hybridized carbons (Fsp3) is 0.353. The maximum atomic E-state index is 12.1. The Kier molecular flexibility index (Phi) is 4.79. The molecule has 126 valence electrons. The summed E-state index contributed by atoms with van der Waals surface area (Å²) in [7, 11) is 0. The molecule has 0 unspecified atom stereocenters. The molecule has 2 aromatic rings. The Balaban J connectivity index is 1.56. The first-order chi connectivity index (χ1) is 11.6. The van der Waals surface area contributed by atoms with Crippen LogP contribution in [0.4, 0.5) is 5.69 Å². The van der Waals surface area contributed by atoms with Gasteiger partial charge >= 0.3 is 0 Å². The van der Waals surface area contributed by atoms with E-state index in [9.17, 15) is 14.7 Å². The number of nitrogens with one attached hydrogen (secondary N) is 2. The van der Waals surface area contributed by atoms with Gasteiger partial charge in [-0.3, -0.25) is 14.3 Å². The number of hydrogen-bond acceptors (Lipinski definition) is 4. The Morgan fingerprint density at radius 3 is 2.75 bits per heavy atom. The third-order valence-corrected chi connectivity index (χ3v) is 4.07. The predicted molar refractivity (Wildman–Crippen MR) is 88.7 cm³/mol. The maximum Gasteiger partial charge on any atom is 0.259 e. The second-order valence-electron chi connectivity index (χ2n) is 5.95. The SMILES string of the molecule is O=C(Cn1cc(NC(=O)c2ccccc2O)cn1)NC1CCCC1. The summed E-state index contributed by atoms with van der Waals surface area (Å²) in [6, 6.07) is 6.57. The first-order valence-electron chi connectivity index (χ1n) is 8.03. The lowest BCUT2D eigenvalue weighted by Crippen LogP contribution is -2.35. The highest BCUT2D eigenvalue weighted by Gasteiger charge is 2.17. The first-order valence-corrected chi connectivity index (χ1v) is 8.03. The van der Waals surface area contributed by atoms with Crippen LogP contribution in [-0.2, 0) is 11.3 Å². The van der Waals surface area contributed by atoms with Crippen LogP contribution in [0.3, 0.4) is 0 Å². The van der Waals surface area contributed by atoms with Gasteiger partial charge in [0.05, 0.1) is 17.4 Å². The van der Waals surface area contributed by atoms with Crippen LogP contribution in [0.1, 0.15) is 36.0 Å². The van der Waals surface area contributed by atoms with Crippen LogP contribution < -0.4 is 10.6 Å². The number of phenols is 1. The predicted octanol–water partition coefficient (Wildman–Crippen LogP) is 1.90. The zero-order valence-electron chi connectivity index (χ0n) is 13.2. The van der Waals surface area contributed by atoms with Gasteiger partial charge in [0.1, 0.15) is 12.3 Å². The van der Waals surface area contributed by atoms with E-state index in [0.29, 0.717) is 5.69 Å². The third kappa shape index (κ3) is 3.92. The number of phenolic OH excluding ortho intramolecular Hbond substituents is 1. The number of para-hydroxylation sites is 1. The summed E-state index contributed by atoms with van der Waals surface area (Å²) in [6.45, 7) is 0.114. The highest BCUT2D eigenvalue weighted by atomic mass is 16.3. The highest BCUT2D eigenvalue weighted by Crippen LogP contribution is 2.18. The first kappa shape index (κ1) is 16.0. The van der Waals surface area contributed by atoms with Gasteiger partial charge < -0.3 is 15.7 Å². The molecular weight excluding hydrogens is 308 g/mol. The number of aromatic hydroxyl groups is 1. The molecule has 3 rings (SSSR count). The average molecular weight is 328 g/mol. The van der Waals surface area contributed by atoms with Gasteiger partial charge in [0.2, 0.25) is 5.91 Å². The number of hydrogen-bond donors (Lipinski definition) is 3. The number of carbonyl (C=O) groups excluding carboxylic acids is 2. The topological polar surface area (TPSA) is 96.2 Å². The monoisotopic (exact) mass is 328 g/mol. The van der Waals surface area contributed by atoms with Crippen LogP contribution in [0.25, 0.3) is 0 Å². The van der Waals surface area contributed by atoms with Crippen molar-refractivity contribution in [2.45, 2.75) is 38.3 Å². The van der Waals surface area contributed by atoms with E-state index in [1.807, 2.05) is 0 Å². The molecule has 0 aliphatic heterocycles. The lowest BCUT2D eigenvalue weighted by Gasteiger charge is -2.11. The number of rotatable bonds is 5. The molecule has 2 amide bonds. The number of aromatic nitrogens is 2. The van der Waals surface area contributed by atoms with Gasteiger partial charge in [-0.25, -0.2) is 0 Å². The molecule has 1 heterocycles. The Morgan fingerprint density at radius 2 is 2.00 bits per heavy atom. The van der Waals surface area contributed by atoms with E-state index in [-0.39, 0.29) is 29.8 Å². The van der Waals surface area contributed by atoms with Crippen LogP contribution in [0.15, 0.2) is 36.7 Å². The summed E-state index contributed by atoms with van der Waals surface area (Å²) in [5.74, 6) is -0.593. The minimum Gasteiger partial charge on any atom is -0.507 e. The van der Waals surface area contributed by atoms with Crippen molar-refractivity contribution in [2.75, 3.05) is 5.32 Å². The molecule has 24 heavy (non-hydrogen) atoms. The Labute approximate surface area is 139 Å². The molecule has 1 aliphatic rings. The van der Waals surface area contributed by atoms with E-state index in [2.05, 4.69) is 15.7 Å². The second-order valence-corrected chi connectivity index (χ2v) is 5.95. The Bertz CT molecular complexity index is 735. The van der Waals surface area contributed by atoms with Crippen molar-refractivity contribution < 1.29 is 14.7 Å². The van der Waals surface area contributed by atoms with Crippen molar-refractivity contribution >= 4 is 17.5 Å². The van der Waals surface area contributed by atoms with Crippen molar-refractivity contribution in [1.82, 2.24) is 15.1 Å². The molecule has 0 spiro atoms. The minimum absolute atomic E-state index is 0.0800. The lowest BCUT2D eigenvalue weighted by molar-refractivity contribution is -0.122. The lowest BCUT2D eigenvalue weighted by atomic mass is 10.2. The van der Waals surface area contributed by atoms with Gasteiger partial charge in [0.25, 0.3) is 5.91 Å². The Hall–Kier alpha value is -2.83. The summed E-state index contributed by atoms with van der Waals surface area (Å²) >= 11 is 0. The summed E-state index contributed by atoms with van der Waals surface area (Å²) in [6.07, 6.45) is 7.46. The number of benzene rings is 1. The largest absolute Gasteiger partial charge is 0.507 e. The molecule has 1 aliphatic carbocycles. The quantitative estimate of drug-likeness (QED) is 0.781.